The van der Waals surface area contributed by atoms with Gasteiger partial charge in [-0.15, -0.1) is 0 Å². The number of nitrogens with one attached hydrogen (secondary N) is 2. The Labute approximate surface area is 152 Å². The van der Waals surface area contributed by atoms with Crippen LogP contribution in [-0.4, -0.2) is 31.7 Å². The van der Waals surface area contributed by atoms with Crippen molar-refractivity contribution in [2.75, 3.05) is 19.5 Å². The van der Waals surface area contributed by atoms with E-state index in [1.807, 2.05) is 6.07 Å². The Morgan fingerprint density at radius 2 is 1.65 bits per heavy atom. The van der Waals surface area contributed by atoms with Crippen LogP contribution in [0.5, 0.6) is 11.5 Å². The molecule has 7 nitrogen and oxygen atoms in total. The van der Waals surface area contributed by atoms with Gasteiger partial charge in [-0.1, -0.05) is 12.1 Å². The number of rotatable bonds is 6. The van der Waals surface area contributed by atoms with Crippen molar-refractivity contribution in [3.63, 3.8) is 0 Å². The number of carbonyl (C=O) groups excluding carboxylic acids is 2. The predicted molar refractivity (Wildman–Crippen MR) is 100.0 cm³/mol. The quantitative estimate of drug-likeness (QED) is 0.616. The Bertz CT molecular complexity index is 846. The van der Waals surface area contributed by atoms with Gasteiger partial charge in [0, 0.05) is 18.2 Å². The van der Waals surface area contributed by atoms with E-state index in [4.69, 9.17) is 9.47 Å². The summed E-state index contributed by atoms with van der Waals surface area (Å²) in [4.78, 5) is 23.4. The van der Waals surface area contributed by atoms with Gasteiger partial charge in [0.05, 0.1) is 19.9 Å². The lowest BCUT2D eigenvalue weighted by atomic mass is 10.1. The van der Waals surface area contributed by atoms with Gasteiger partial charge in [0.25, 0.3) is 5.91 Å². The highest BCUT2D eigenvalue weighted by Gasteiger charge is 2.10. The van der Waals surface area contributed by atoms with Crippen LogP contribution in [0.15, 0.2) is 47.6 Å². The second-order valence-electron chi connectivity index (χ2n) is 5.47. The van der Waals surface area contributed by atoms with Crippen molar-refractivity contribution in [2.45, 2.75) is 13.8 Å². The lowest BCUT2D eigenvalue weighted by Gasteiger charge is -2.09. The van der Waals surface area contributed by atoms with Gasteiger partial charge in [-0.2, -0.15) is 5.10 Å². The van der Waals surface area contributed by atoms with Crippen molar-refractivity contribution in [1.29, 1.82) is 0 Å². The molecule has 2 aromatic carbocycles. The molecule has 2 amide bonds. The van der Waals surface area contributed by atoms with Crippen LogP contribution in [0.3, 0.4) is 0 Å². The van der Waals surface area contributed by atoms with E-state index in [0.29, 0.717) is 28.5 Å². The second kappa shape index (κ2) is 8.66. The van der Waals surface area contributed by atoms with Crippen LogP contribution in [0, 0.1) is 0 Å². The van der Waals surface area contributed by atoms with Crippen LogP contribution in [0.4, 0.5) is 5.69 Å². The zero-order valence-electron chi connectivity index (χ0n) is 15.1. The summed E-state index contributed by atoms with van der Waals surface area (Å²) in [7, 11) is 3.03. The van der Waals surface area contributed by atoms with Gasteiger partial charge in [-0.25, -0.2) is 5.43 Å². The van der Waals surface area contributed by atoms with Gasteiger partial charge < -0.3 is 14.8 Å². The average Bonchev–Trinajstić information content (AvgIpc) is 2.64. The summed E-state index contributed by atoms with van der Waals surface area (Å²) < 4.78 is 10.3. The maximum absolute atomic E-state index is 12.3. The largest absolute Gasteiger partial charge is 0.493 e. The molecule has 2 aromatic rings. The van der Waals surface area contributed by atoms with Crippen LogP contribution in [0.25, 0.3) is 0 Å². The molecular weight excluding hydrogens is 334 g/mol. The standard InChI is InChI=1S/C19H21N3O4/c1-12(14-6-5-7-16(10-14)20-13(2)23)21-22-19(24)15-8-9-17(25-3)18(11-15)26-4/h5-11H,1-4H3,(H,20,23)(H,22,24)/b21-12+. The molecule has 0 saturated heterocycles. The van der Waals surface area contributed by atoms with Crippen molar-refractivity contribution in [1.82, 2.24) is 5.43 Å². The molecule has 0 aliphatic carbocycles. The third-order valence-corrected chi connectivity index (χ3v) is 3.57. The molecule has 0 aromatic heterocycles. The van der Waals surface area contributed by atoms with Crippen molar-refractivity contribution in [3.05, 3.63) is 53.6 Å². The highest BCUT2D eigenvalue weighted by molar-refractivity contribution is 6.02. The summed E-state index contributed by atoms with van der Waals surface area (Å²) in [5.41, 5.74) is 4.95. The van der Waals surface area contributed by atoms with Crippen LogP contribution in [-0.2, 0) is 4.79 Å². The Hall–Kier alpha value is -3.35. The number of benzene rings is 2. The van der Waals surface area contributed by atoms with E-state index in [1.165, 1.54) is 21.1 Å². The van der Waals surface area contributed by atoms with Gasteiger partial charge in [0.2, 0.25) is 5.91 Å². The van der Waals surface area contributed by atoms with Gasteiger partial charge in [0.15, 0.2) is 11.5 Å². The molecule has 0 atom stereocenters. The predicted octanol–water partition coefficient (Wildman–Crippen LogP) is 2.82. The fraction of sp³-hybridized carbons (Fsp3) is 0.211. The molecule has 0 saturated carbocycles. The zero-order chi connectivity index (χ0) is 19.1. The molecule has 0 fully saturated rings. The monoisotopic (exact) mass is 355 g/mol. The smallest absolute Gasteiger partial charge is 0.271 e. The number of amides is 2. The minimum absolute atomic E-state index is 0.154. The van der Waals surface area contributed by atoms with Gasteiger partial charge in [-0.05, 0) is 42.8 Å². The minimum atomic E-state index is -0.372. The maximum Gasteiger partial charge on any atom is 0.271 e. The number of carbonyl (C=O) groups is 2. The van der Waals surface area contributed by atoms with Crippen LogP contribution in [0.2, 0.25) is 0 Å². The summed E-state index contributed by atoms with van der Waals surface area (Å²) in [5, 5.41) is 6.83. The molecule has 0 bridgehead atoms. The Morgan fingerprint density at radius 3 is 2.31 bits per heavy atom. The number of anilines is 1. The average molecular weight is 355 g/mol. The summed E-state index contributed by atoms with van der Waals surface area (Å²) in [6, 6.07) is 12.1. The molecule has 0 aliphatic rings. The zero-order valence-corrected chi connectivity index (χ0v) is 15.1. The molecule has 0 radical (unpaired) electrons. The number of hydrazone groups is 1. The molecule has 0 spiro atoms. The lowest BCUT2D eigenvalue weighted by Crippen LogP contribution is -2.19. The van der Waals surface area contributed by atoms with E-state index in [9.17, 15) is 9.59 Å². The number of hydrogen-bond acceptors (Lipinski definition) is 5. The summed E-state index contributed by atoms with van der Waals surface area (Å²) >= 11 is 0. The van der Waals surface area contributed by atoms with Crippen molar-refractivity contribution < 1.29 is 19.1 Å². The first-order valence-electron chi connectivity index (χ1n) is 7.89. The first kappa shape index (κ1) is 19.0. The molecule has 2 rings (SSSR count). The van der Waals surface area contributed by atoms with E-state index < -0.39 is 0 Å². The molecule has 0 aliphatic heterocycles. The summed E-state index contributed by atoms with van der Waals surface area (Å²) in [5.74, 6) is 0.476. The number of methoxy groups -OCH3 is 2. The SMILES string of the molecule is COc1ccc(C(=O)N/N=C(\C)c2cccc(NC(C)=O)c2)cc1OC. The minimum Gasteiger partial charge on any atom is -0.493 e. The highest BCUT2D eigenvalue weighted by atomic mass is 16.5. The molecule has 26 heavy (non-hydrogen) atoms. The lowest BCUT2D eigenvalue weighted by molar-refractivity contribution is -0.114. The topological polar surface area (TPSA) is 89.0 Å². The van der Waals surface area contributed by atoms with Crippen LogP contribution < -0.4 is 20.2 Å². The van der Waals surface area contributed by atoms with Crippen molar-refractivity contribution >= 4 is 23.2 Å². The van der Waals surface area contributed by atoms with Crippen molar-refractivity contribution in [3.8, 4) is 11.5 Å². The number of hydrogen-bond donors (Lipinski definition) is 2. The highest BCUT2D eigenvalue weighted by Crippen LogP contribution is 2.27. The van der Waals surface area contributed by atoms with Gasteiger partial charge in [-0.3, -0.25) is 9.59 Å². The fourth-order valence-corrected chi connectivity index (χ4v) is 2.27. The van der Waals surface area contributed by atoms with Crippen LogP contribution in [0.1, 0.15) is 29.8 Å². The van der Waals surface area contributed by atoms with E-state index in [0.717, 1.165) is 5.56 Å². The fourth-order valence-electron chi connectivity index (χ4n) is 2.27. The first-order valence-corrected chi connectivity index (χ1v) is 7.89. The Morgan fingerprint density at radius 1 is 0.923 bits per heavy atom. The summed E-state index contributed by atoms with van der Waals surface area (Å²) in [6.45, 7) is 3.21. The van der Waals surface area contributed by atoms with Gasteiger partial charge in [0.1, 0.15) is 0 Å². The maximum atomic E-state index is 12.3. The molecule has 0 unspecified atom stereocenters. The van der Waals surface area contributed by atoms with Crippen LogP contribution >= 0.6 is 0 Å². The normalized spacial score (nSPS) is 10.8. The molecule has 0 heterocycles. The third kappa shape index (κ3) is 4.83. The first-order chi connectivity index (χ1) is 12.4. The molecule has 136 valence electrons. The number of ether oxygens (including phenoxy) is 2. The molecule has 2 N–H and O–H groups in total. The van der Waals surface area contributed by atoms with Gasteiger partial charge >= 0.3 is 0 Å². The van der Waals surface area contributed by atoms with Crippen molar-refractivity contribution in [2.24, 2.45) is 5.10 Å². The van der Waals surface area contributed by atoms with E-state index >= 15 is 0 Å². The second-order valence-corrected chi connectivity index (χ2v) is 5.47. The third-order valence-electron chi connectivity index (χ3n) is 3.57. The van der Waals surface area contributed by atoms with E-state index in [-0.39, 0.29) is 11.8 Å². The Balaban J connectivity index is 2.13. The summed E-state index contributed by atoms with van der Waals surface area (Å²) in [6.07, 6.45) is 0. The molecular formula is C19H21N3O4. The van der Waals surface area contributed by atoms with E-state index in [1.54, 1.807) is 43.3 Å². The number of nitrogens with zero attached hydrogens (tertiary/aromatic N) is 1. The molecule has 7 heteroatoms. The van der Waals surface area contributed by atoms with E-state index in [2.05, 4.69) is 15.8 Å². The Kier molecular flexibility index (Phi) is 6.32.